The number of aryl methyl sites for hydroxylation is 1. The maximum Gasteiger partial charge on any atom is 0.119 e. The standard InChI is InChI=1S/C20H25NOS/c1-22-18-6-5-15-7-10-21(14-17(15)13-18)11-8-16-3-2-4-20-19(16)9-12-23-20/h5-6,9,12-13,16H,2-4,7-8,10-11,14H2,1H3. The Kier molecular flexibility index (Phi) is 4.41. The molecule has 1 atom stereocenters. The van der Waals surface area contributed by atoms with Crippen LogP contribution in [0.2, 0.25) is 0 Å². The second-order valence-corrected chi connectivity index (χ2v) is 7.84. The predicted octanol–water partition coefficient (Wildman–Crippen LogP) is 4.63. The van der Waals surface area contributed by atoms with E-state index in [0.29, 0.717) is 0 Å². The van der Waals surface area contributed by atoms with E-state index in [0.717, 1.165) is 18.2 Å². The Morgan fingerprint density at radius 2 is 2.17 bits per heavy atom. The topological polar surface area (TPSA) is 12.5 Å². The van der Waals surface area contributed by atoms with Gasteiger partial charge in [0.1, 0.15) is 5.75 Å². The molecule has 23 heavy (non-hydrogen) atoms. The Bertz CT molecular complexity index is 678. The summed E-state index contributed by atoms with van der Waals surface area (Å²) in [4.78, 5) is 4.28. The summed E-state index contributed by atoms with van der Waals surface area (Å²) >= 11 is 1.96. The van der Waals surface area contributed by atoms with Crippen molar-refractivity contribution >= 4 is 11.3 Å². The molecule has 2 heterocycles. The van der Waals surface area contributed by atoms with Crippen molar-refractivity contribution in [2.45, 2.75) is 44.6 Å². The molecule has 0 spiro atoms. The number of hydrogen-bond donors (Lipinski definition) is 0. The van der Waals surface area contributed by atoms with E-state index in [1.54, 1.807) is 17.6 Å². The third-order valence-corrected chi connectivity index (χ3v) is 6.47. The first kappa shape index (κ1) is 15.2. The van der Waals surface area contributed by atoms with Crippen molar-refractivity contribution in [2.75, 3.05) is 20.2 Å². The van der Waals surface area contributed by atoms with Crippen LogP contribution in [0.25, 0.3) is 0 Å². The Balaban J connectivity index is 1.39. The van der Waals surface area contributed by atoms with Gasteiger partial charge in [-0.2, -0.15) is 0 Å². The summed E-state index contributed by atoms with van der Waals surface area (Å²) in [7, 11) is 1.75. The highest BCUT2D eigenvalue weighted by atomic mass is 32.1. The minimum absolute atomic E-state index is 0.789. The molecule has 3 heteroatoms. The van der Waals surface area contributed by atoms with Crippen molar-refractivity contribution in [2.24, 2.45) is 0 Å². The Labute approximate surface area is 143 Å². The third-order valence-electron chi connectivity index (χ3n) is 5.47. The van der Waals surface area contributed by atoms with E-state index in [4.69, 9.17) is 4.74 Å². The van der Waals surface area contributed by atoms with Gasteiger partial charge in [-0.25, -0.2) is 0 Å². The van der Waals surface area contributed by atoms with Gasteiger partial charge in [0.05, 0.1) is 7.11 Å². The Hall–Kier alpha value is -1.32. The molecule has 0 radical (unpaired) electrons. The largest absolute Gasteiger partial charge is 0.497 e. The summed E-state index contributed by atoms with van der Waals surface area (Å²) in [6.45, 7) is 3.49. The van der Waals surface area contributed by atoms with E-state index in [1.165, 1.54) is 56.3 Å². The van der Waals surface area contributed by atoms with Crippen LogP contribution in [0.15, 0.2) is 29.6 Å². The van der Waals surface area contributed by atoms with Crippen LogP contribution in [-0.4, -0.2) is 25.1 Å². The van der Waals surface area contributed by atoms with Gasteiger partial charge >= 0.3 is 0 Å². The molecule has 1 aliphatic heterocycles. The van der Waals surface area contributed by atoms with Crippen molar-refractivity contribution in [1.82, 2.24) is 4.90 Å². The Morgan fingerprint density at radius 1 is 1.22 bits per heavy atom. The summed E-state index contributed by atoms with van der Waals surface area (Å²) in [5, 5.41) is 2.28. The zero-order valence-corrected chi connectivity index (χ0v) is 14.7. The van der Waals surface area contributed by atoms with Crippen molar-refractivity contribution in [3.63, 3.8) is 0 Å². The van der Waals surface area contributed by atoms with Crippen molar-refractivity contribution < 1.29 is 4.74 Å². The van der Waals surface area contributed by atoms with Gasteiger partial charge in [-0.3, -0.25) is 4.90 Å². The lowest BCUT2D eigenvalue weighted by molar-refractivity contribution is 0.240. The molecule has 0 fully saturated rings. The smallest absolute Gasteiger partial charge is 0.119 e. The van der Waals surface area contributed by atoms with Crippen molar-refractivity contribution in [1.29, 1.82) is 0 Å². The molecule has 4 rings (SSSR count). The number of fused-ring (bicyclic) bond motifs is 2. The normalized spacial score (nSPS) is 20.8. The van der Waals surface area contributed by atoms with Crippen LogP contribution in [0.5, 0.6) is 5.75 Å². The average Bonchev–Trinajstić information content (AvgIpc) is 3.08. The van der Waals surface area contributed by atoms with Gasteiger partial charge in [-0.1, -0.05) is 6.07 Å². The molecular formula is C20H25NOS. The second kappa shape index (κ2) is 6.66. The van der Waals surface area contributed by atoms with Crippen molar-refractivity contribution in [3.05, 3.63) is 51.2 Å². The molecule has 1 aromatic heterocycles. The highest BCUT2D eigenvalue weighted by Gasteiger charge is 2.23. The van der Waals surface area contributed by atoms with Crippen LogP contribution in [0.4, 0.5) is 0 Å². The van der Waals surface area contributed by atoms with Crippen LogP contribution in [0.1, 0.15) is 46.7 Å². The molecule has 1 aromatic carbocycles. The number of rotatable bonds is 4. The summed E-state index contributed by atoms with van der Waals surface area (Å²) < 4.78 is 5.38. The molecule has 0 N–H and O–H groups in total. The van der Waals surface area contributed by atoms with E-state index in [9.17, 15) is 0 Å². The Morgan fingerprint density at radius 3 is 3.09 bits per heavy atom. The number of nitrogens with zero attached hydrogens (tertiary/aromatic N) is 1. The van der Waals surface area contributed by atoms with Gasteiger partial charge in [-0.05, 0) is 84.8 Å². The quantitative estimate of drug-likeness (QED) is 0.812. The van der Waals surface area contributed by atoms with Crippen LogP contribution >= 0.6 is 11.3 Å². The van der Waals surface area contributed by atoms with Gasteiger partial charge in [-0.15, -0.1) is 11.3 Å². The molecule has 0 saturated heterocycles. The molecule has 0 saturated carbocycles. The lowest BCUT2D eigenvalue weighted by atomic mass is 9.85. The molecule has 2 nitrogen and oxygen atoms in total. The van der Waals surface area contributed by atoms with Gasteiger partial charge in [0.2, 0.25) is 0 Å². The molecule has 2 aliphatic rings. The van der Waals surface area contributed by atoms with E-state index < -0.39 is 0 Å². The number of methoxy groups -OCH3 is 1. The molecule has 1 unspecified atom stereocenters. The van der Waals surface area contributed by atoms with E-state index in [1.807, 2.05) is 11.3 Å². The summed E-state index contributed by atoms with van der Waals surface area (Å²) in [6.07, 6.45) is 6.54. The SMILES string of the molecule is COc1ccc2c(c1)CN(CCC1CCCc3sccc31)CC2. The molecule has 0 amide bonds. The highest BCUT2D eigenvalue weighted by molar-refractivity contribution is 7.10. The monoisotopic (exact) mass is 327 g/mol. The fourth-order valence-electron chi connectivity index (χ4n) is 4.13. The fourth-order valence-corrected chi connectivity index (χ4v) is 5.14. The molecule has 2 aromatic rings. The maximum atomic E-state index is 5.38. The van der Waals surface area contributed by atoms with Crippen LogP contribution in [0, 0.1) is 0 Å². The zero-order chi connectivity index (χ0) is 15.6. The van der Waals surface area contributed by atoms with Gasteiger partial charge in [0.15, 0.2) is 0 Å². The number of hydrogen-bond acceptors (Lipinski definition) is 3. The summed E-state index contributed by atoms with van der Waals surface area (Å²) in [6, 6.07) is 8.93. The fraction of sp³-hybridized carbons (Fsp3) is 0.500. The third kappa shape index (κ3) is 3.17. The molecular weight excluding hydrogens is 302 g/mol. The molecule has 122 valence electrons. The van der Waals surface area contributed by atoms with Gasteiger partial charge in [0, 0.05) is 18.0 Å². The van der Waals surface area contributed by atoms with E-state index in [-0.39, 0.29) is 0 Å². The summed E-state index contributed by atoms with van der Waals surface area (Å²) in [5.41, 5.74) is 4.61. The first-order valence-electron chi connectivity index (χ1n) is 8.78. The number of ether oxygens (including phenoxy) is 1. The molecule has 0 bridgehead atoms. The second-order valence-electron chi connectivity index (χ2n) is 6.84. The number of thiophene rings is 1. The predicted molar refractivity (Wildman–Crippen MR) is 96.6 cm³/mol. The van der Waals surface area contributed by atoms with Crippen LogP contribution in [0.3, 0.4) is 0 Å². The van der Waals surface area contributed by atoms with Crippen LogP contribution in [-0.2, 0) is 19.4 Å². The summed E-state index contributed by atoms with van der Waals surface area (Å²) in [5.74, 6) is 1.78. The lowest BCUT2D eigenvalue weighted by Gasteiger charge is -2.31. The van der Waals surface area contributed by atoms with Gasteiger partial charge < -0.3 is 4.74 Å². The minimum atomic E-state index is 0.789. The number of benzene rings is 1. The minimum Gasteiger partial charge on any atom is -0.497 e. The van der Waals surface area contributed by atoms with Crippen LogP contribution < -0.4 is 4.74 Å². The zero-order valence-electron chi connectivity index (χ0n) is 13.9. The first-order valence-corrected chi connectivity index (χ1v) is 9.66. The maximum absolute atomic E-state index is 5.38. The van der Waals surface area contributed by atoms with Gasteiger partial charge in [0.25, 0.3) is 0 Å². The molecule has 1 aliphatic carbocycles. The lowest BCUT2D eigenvalue weighted by Crippen LogP contribution is -2.32. The highest BCUT2D eigenvalue weighted by Crippen LogP contribution is 2.37. The van der Waals surface area contributed by atoms with E-state index in [2.05, 4.69) is 34.5 Å². The first-order chi connectivity index (χ1) is 11.3. The average molecular weight is 327 g/mol. The van der Waals surface area contributed by atoms with Crippen molar-refractivity contribution in [3.8, 4) is 5.75 Å². The van der Waals surface area contributed by atoms with E-state index >= 15 is 0 Å².